The van der Waals surface area contributed by atoms with Gasteiger partial charge in [0.15, 0.2) is 0 Å². The fourth-order valence-corrected chi connectivity index (χ4v) is 5.84. The van der Waals surface area contributed by atoms with Gasteiger partial charge in [-0.25, -0.2) is 8.42 Å². The van der Waals surface area contributed by atoms with Gasteiger partial charge in [-0.3, -0.25) is 13.9 Å². The highest BCUT2D eigenvalue weighted by atomic mass is 35.5. The summed E-state index contributed by atoms with van der Waals surface area (Å²) >= 11 is 12.1. The van der Waals surface area contributed by atoms with Crippen molar-refractivity contribution in [1.82, 2.24) is 10.2 Å². The summed E-state index contributed by atoms with van der Waals surface area (Å²) in [7, 11) is -2.73. The highest BCUT2D eigenvalue weighted by Gasteiger charge is 2.34. The lowest BCUT2D eigenvalue weighted by Gasteiger charge is -2.34. The van der Waals surface area contributed by atoms with Gasteiger partial charge in [-0.05, 0) is 93.4 Å². The van der Waals surface area contributed by atoms with E-state index in [1.165, 1.54) is 48.4 Å². The molecule has 220 valence electrons. The summed E-state index contributed by atoms with van der Waals surface area (Å²) in [6.07, 6.45) is 0.313. The number of nitrogens with one attached hydrogen (secondary N) is 1. The molecular formula is C30H35Cl2N3O5S. The Hall–Kier alpha value is -3.27. The second-order valence-electron chi connectivity index (χ2n) is 10.5. The van der Waals surface area contributed by atoms with Crippen LogP contribution in [0.5, 0.6) is 5.75 Å². The van der Waals surface area contributed by atoms with E-state index < -0.39 is 34.1 Å². The fourth-order valence-electron chi connectivity index (χ4n) is 4.17. The van der Waals surface area contributed by atoms with E-state index in [1.54, 1.807) is 43.3 Å². The molecule has 2 amide bonds. The van der Waals surface area contributed by atoms with E-state index in [9.17, 15) is 18.0 Å². The zero-order valence-electron chi connectivity index (χ0n) is 23.7. The number of amides is 2. The Kier molecular flexibility index (Phi) is 10.7. The van der Waals surface area contributed by atoms with Crippen LogP contribution in [0.3, 0.4) is 0 Å². The second kappa shape index (κ2) is 13.6. The normalized spacial score (nSPS) is 12.4. The molecule has 3 rings (SSSR count). The molecule has 0 spiro atoms. The van der Waals surface area contributed by atoms with Crippen LogP contribution in [0.15, 0.2) is 77.7 Å². The van der Waals surface area contributed by atoms with Gasteiger partial charge >= 0.3 is 0 Å². The van der Waals surface area contributed by atoms with Crippen LogP contribution in [0.2, 0.25) is 10.0 Å². The Morgan fingerprint density at radius 2 is 1.44 bits per heavy atom. The van der Waals surface area contributed by atoms with Crippen molar-refractivity contribution in [3.05, 3.63) is 88.4 Å². The Labute approximate surface area is 252 Å². The molecule has 3 aromatic carbocycles. The summed E-state index contributed by atoms with van der Waals surface area (Å²) in [4.78, 5) is 28.8. The maximum atomic E-state index is 14.1. The van der Waals surface area contributed by atoms with Crippen LogP contribution in [-0.2, 0) is 26.2 Å². The molecule has 0 saturated carbocycles. The summed E-state index contributed by atoms with van der Waals surface area (Å²) in [5.41, 5.74) is 0.449. The average molecular weight is 621 g/mol. The van der Waals surface area contributed by atoms with E-state index in [0.29, 0.717) is 22.2 Å². The minimum Gasteiger partial charge on any atom is -0.497 e. The molecular weight excluding hydrogens is 585 g/mol. The molecule has 1 atom stereocenters. The zero-order chi connectivity index (χ0) is 30.4. The fraction of sp³-hybridized carbons (Fsp3) is 0.333. The number of sulfonamides is 1. The summed E-state index contributed by atoms with van der Waals surface area (Å²) in [5, 5.41) is 3.89. The van der Waals surface area contributed by atoms with E-state index in [1.807, 2.05) is 20.8 Å². The molecule has 1 N–H and O–H groups in total. The Morgan fingerprint density at radius 1 is 0.902 bits per heavy atom. The quantitative estimate of drug-likeness (QED) is 0.287. The van der Waals surface area contributed by atoms with Crippen LogP contribution in [0.1, 0.15) is 39.7 Å². The number of hydrogen-bond donors (Lipinski definition) is 1. The molecule has 0 aliphatic rings. The standard InChI is InChI=1S/C30H35Cl2N3O5S/c1-6-27(29(37)33-30(2,3)4)34(19-21-7-9-22(31)10-8-21)28(36)20-35(24-13-11-23(32)12-14-24)41(38,39)26-17-15-25(40-5)16-18-26/h7-18,27H,6,19-20H2,1-5H3,(H,33,37). The number of carbonyl (C=O) groups is 2. The first-order valence-electron chi connectivity index (χ1n) is 13.0. The number of ether oxygens (including phenoxy) is 1. The SMILES string of the molecule is CCC(C(=O)NC(C)(C)C)N(Cc1ccc(Cl)cc1)C(=O)CN(c1ccc(Cl)cc1)S(=O)(=O)c1ccc(OC)cc1. The van der Waals surface area contributed by atoms with Gasteiger partial charge in [-0.2, -0.15) is 0 Å². The molecule has 0 bridgehead atoms. The number of methoxy groups -OCH3 is 1. The third kappa shape index (κ3) is 8.61. The minimum absolute atomic E-state index is 0.0252. The van der Waals surface area contributed by atoms with Crippen LogP contribution in [0, 0.1) is 0 Å². The largest absolute Gasteiger partial charge is 0.497 e. The number of anilines is 1. The van der Waals surface area contributed by atoms with Crippen molar-refractivity contribution in [2.45, 2.75) is 57.1 Å². The second-order valence-corrected chi connectivity index (χ2v) is 13.2. The first-order chi connectivity index (χ1) is 19.2. The zero-order valence-corrected chi connectivity index (χ0v) is 26.1. The number of hydrogen-bond acceptors (Lipinski definition) is 5. The predicted molar refractivity (Wildman–Crippen MR) is 163 cm³/mol. The highest BCUT2D eigenvalue weighted by molar-refractivity contribution is 7.92. The summed E-state index contributed by atoms with van der Waals surface area (Å²) in [5.74, 6) is -0.399. The number of halogens is 2. The van der Waals surface area contributed by atoms with Crippen LogP contribution < -0.4 is 14.4 Å². The molecule has 0 aliphatic carbocycles. The van der Waals surface area contributed by atoms with Gasteiger partial charge < -0.3 is 15.0 Å². The minimum atomic E-state index is -4.21. The lowest BCUT2D eigenvalue weighted by molar-refractivity contribution is -0.141. The van der Waals surface area contributed by atoms with E-state index in [0.717, 1.165) is 9.87 Å². The lowest BCUT2D eigenvalue weighted by Crippen LogP contribution is -2.55. The van der Waals surface area contributed by atoms with E-state index in [4.69, 9.17) is 27.9 Å². The molecule has 0 radical (unpaired) electrons. The van der Waals surface area contributed by atoms with Crippen molar-refractivity contribution in [2.24, 2.45) is 0 Å². The molecule has 8 nitrogen and oxygen atoms in total. The topological polar surface area (TPSA) is 96.0 Å². The lowest BCUT2D eigenvalue weighted by atomic mass is 10.1. The molecule has 0 aliphatic heterocycles. The predicted octanol–water partition coefficient (Wildman–Crippen LogP) is 5.92. The van der Waals surface area contributed by atoms with Crippen molar-refractivity contribution in [3.63, 3.8) is 0 Å². The third-order valence-corrected chi connectivity index (χ3v) is 8.48. The molecule has 41 heavy (non-hydrogen) atoms. The van der Waals surface area contributed by atoms with Crippen molar-refractivity contribution in [2.75, 3.05) is 18.0 Å². The summed E-state index contributed by atoms with van der Waals surface area (Å²) in [6, 6.07) is 18.1. The van der Waals surface area contributed by atoms with Gasteiger partial charge in [0.25, 0.3) is 10.0 Å². The monoisotopic (exact) mass is 619 g/mol. The Bertz CT molecular complexity index is 1440. The van der Waals surface area contributed by atoms with Gasteiger partial charge in [-0.15, -0.1) is 0 Å². The smallest absolute Gasteiger partial charge is 0.264 e. The van der Waals surface area contributed by atoms with Crippen LogP contribution >= 0.6 is 23.2 Å². The van der Waals surface area contributed by atoms with E-state index in [-0.39, 0.29) is 23.0 Å². The molecule has 1 unspecified atom stereocenters. The summed E-state index contributed by atoms with van der Waals surface area (Å²) in [6.45, 7) is 6.89. The third-order valence-electron chi connectivity index (χ3n) is 6.19. The molecule has 3 aromatic rings. The molecule has 0 heterocycles. The van der Waals surface area contributed by atoms with Crippen molar-refractivity contribution >= 4 is 50.7 Å². The Balaban J connectivity index is 2.06. The Morgan fingerprint density at radius 3 is 1.93 bits per heavy atom. The van der Waals surface area contributed by atoms with Crippen molar-refractivity contribution < 1.29 is 22.7 Å². The summed E-state index contributed by atoms with van der Waals surface area (Å²) < 4.78 is 34.0. The maximum absolute atomic E-state index is 14.1. The number of rotatable bonds is 11. The maximum Gasteiger partial charge on any atom is 0.264 e. The van der Waals surface area contributed by atoms with Gasteiger partial charge in [-0.1, -0.05) is 42.3 Å². The van der Waals surface area contributed by atoms with Crippen molar-refractivity contribution in [3.8, 4) is 5.75 Å². The number of benzene rings is 3. The molecule has 0 saturated heterocycles. The number of nitrogens with zero attached hydrogens (tertiary/aromatic N) is 2. The van der Waals surface area contributed by atoms with Gasteiger partial charge in [0.2, 0.25) is 11.8 Å². The van der Waals surface area contributed by atoms with Crippen LogP contribution in [-0.4, -0.2) is 50.4 Å². The highest BCUT2D eigenvalue weighted by Crippen LogP contribution is 2.27. The van der Waals surface area contributed by atoms with E-state index >= 15 is 0 Å². The van der Waals surface area contributed by atoms with Crippen molar-refractivity contribution in [1.29, 1.82) is 0 Å². The molecule has 0 fully saturated rings. The van der Waals surface area contributed by atoms with Gasteiger partial charge in [0.05, 0.1) is 17.7 Å². The van der Waals surface area contributed by atoms with E-state index in [2.05, 4.69) is 5.32 Å². The molecule has 0 aromatic heterocycles. The van der Waals surface area contributed by atoms with Gasteiger partial charge in [0.1, 0.15) is 18.3 Å². The van der Waals surface area contributed by atoms with Crippen LogP contribution in [0.25, 0.3) is 0 Å². The first kappa shape index (κ1) is 32.2. The van der Waals surface area contributed by atoms with Crippen LogP contribution in [0.4, 0.5) is 5.69 Å². The first-order valence-corrected chi connectivity index (χ1v) is 15.2. The van der Waals surface area contributed by atoms with Gasteiger partial charge in [0, 0.05) is 22.1 Å². The molecule has 11 heteroatoms. The number of carbonyl (C=O) groups excluding carboxylic acids is 2. The average Bonchev–Trinajstić information content (AvgIpc) is 2.92.